The average molecular weight is 314 g/mol. The number of furan rings is 1. The number of anilines is 1. The standard InChI is InChI=1S/C17H22N4O2/c1-3-15(22-8-1)11-21-7-2-4-17(13-21)9-14(12-23-17)20-16-10-18-5-6-19-16/h1,3,5-6,8,10,14H,2,4,7,9,11-13H2,(H,19,20)/t14-,17-/m0/s1. The van der Waals surface area contributed by atoms with Gasteiger partial charge in [0.05, 0.1) is 37.3 Å². The Morgan fingerprint density at radius 3 is 3.22 bits per heavy atom. The summed E-state index contributed by atoms with van der Waals surface area (Å²) in [6.45, 7) is 3.66. The van der Waals surface area contributed by atoms with Crippen molar-refractivity contribution in [3.05, 3.63) is 42.7 Å². The fourth-order valence-electron chi connectivity index (χ4n) is 3.75. The Morgan fingerprint density at radius 1 is 1.39 bits per heavy atom. The van der Waals surface area contributed by atoms with Crippen LogP contribution in [0.25, 0.3) is 0 Å². The lowest BCUT2D eigenvalue weighted by Gasteiger charge is -2.39. The number of nitrogens with one attached hydrogen (secondary N) is 1. The highest BCUT2D eigenvalue weighted by atomic mass is 16.5. The molecule has 0 unspecified atom stereocenters. The number of nitrogens with zero attached hydrogens (tertiary/aromatic N) is 3. The summed E-state index contributed by atoms with van der Waals surface area (Å²) in [7, 11) is 0. The summed E-state index contributed by atoms with van der Waals surface area (Å²) < 4.78 is 11.7. The van der Waals surface area contributed by atoms with E-state index >= 15 is 0 Å². The monoisotopic (exact) mass is 314 g/mol. The molecule has 4 heterocycles. The fraction of sp³-hybridized carbons (Fsp3) is 0.529. The molecule has 2 fully saturated rings. The molecule has 4 rings (SSSR count). The van der Waals surface area contributed by atoms with Gasteiger partial charge in [0.25, 0.3) is 0 Å². The van der Waals surface area contributed by atoms with Crippen LogP contribution in [0.1, 0.15) is 25.0 Å². The lowest BCUT2D eigenvalue weighted by Crippen LogP contribution is -2.47. The van der Waals surface area contributed by atoms with E-state index in [0.29, 0.717) is 6.04 Å². The van der Waals surface area contributed by atoms with Crippen LogP contribution in [0.5, 0.6) is 0 Å². The summed E-state index contributed by atoms with van der Waals surface area (Å²) in [5.41, 5.74) is -0.0370. The van der Waals surface area contributed by atoms with Crippen molar-refractivity contribution in [2.45, 2.75) is 37.5 Å². The van der Waals surface area contributed by atoms with E-state index in [9.17, 15) is 0 Å². The smallest absolute Gasteiger partial charge is 0.144 e. The molecule has 6 nitrogen and oxygen atoms in total. The second-order valence-corrected chi connectivity index (χ2v) is 6.52. The Hall–Kier alpha value is -1.92. The van der Waals surface area contributed by atoms with E-state index in [0.717, 1.165) is 50.7 Å². The first-order chi connectivity index (χ1) is 11.3. The van der Waals surface area contributed by atoms with Gasteiger partial charge >= 0.3 is 0 Å². The number of ether oxygens (including phenoxy) is 1. The molecule has 2 aromatic heterocycles. The van der Waals surface area contributed by atoms with Crippen LogP contribution in [0.15, 0.2) is 41.4 Å². The molecule has 1 N–H and O–H groups in total. The lowest BCUT2D eigenvalue weighted by molar-refractivity contribution is -0.0544. The second kappa shape index (κ2) is 6.29. The minimum Gasteiger partial charge on any atom is -0.468 e. The van der Waals surface area contributed by atoms with E-state index in [1.165, 1.54) is 6.42 Å². The fourth-order valence-corrected chi connectivity index (χ4v) is 3.75. The van der Waals surface area contributed by atoms with E-state index in [2.05, 4.69) is 20.2 Å². The quantitative estimate of drug-likeness (QED) is 0.934. The Kier molecular flexibility index (Phi) is 4.01. The van der Waals surface area contributed by atoms with Gasteiger partial charge in [0.15, 0.2) is 0 Å². The SMILES string of the molecule is c1coc(CN2CCC[C@]3(C[C@H](Nc4cnccn4)CO3)C2)c1. The minimum absolute atomic E-state index is 0.0370. The molecule has 0 aliphatic carbocycles. The van der Waals surface area contributed by atoms with Gasteiger partial charge in [0, 0.05) is 25.4 Å². The first-order valence-corrected chi connectivity index (χ1v) is 8.23. The molecule has 2 aliphatic heterocycles. The van der Waals surface area contributed by atoms with Gasteiger partial charge in [0.2, 0.25) is 0 Å². The molecule has 122 valence electrons. The number of rotatable bonds is 4. The van der Waals surface area contributed by atoms with Crippen LogP contribution in [0.4, 0.5) is 5.82 Å². The zero-order valence-electron chi connectivity index (χ0n) is 13.1. The predicted octanol–water partition coefficient (Wildman–Crippen LogP) is 2.31. The third-order valence-electron chi connectivity index (χ3n) is 4.70. The largest absolute Gasteiger partial charge is 0.468 e. The van der Waals surface area contributed by atoms with Gasteiger partial charge in [-0.25, -0.2) is 4.98 Å². The van der Waals surface area contributed by atoms with Crippen molar-refractivity contribution in [2.24, 2.45) is 0 Å². The van der Waals surface area contributed by atoms with Gasteiger partial charge < -0.3 is 14.5 Å². The van der Waals surface area contributed by atoms with E-state index in [4.69, 9.17) is 9.15 Å². The van der Waals surface area contributed by atoms with Crippen molar-refractivity contribution in [1.29, 1.82) is 0 Å². The average Bonchev–Trinajstić information content (AvgIpc) is 3.19. The summed E-state index contributed by atoms with van der Waals surface area (Å²) in [4.78, 5) is 10.8. The third kappa shape index (κ3) is 3.38. The molecule has 2 aliphatic rings. The highest BCUT2D eigenvalue weighted by Crippen LogP contribution is 2.36. The highest BCUT2D eigenvalue weighted by molar-refractivity contribution is 5.32. The second-order valence-electron chi connectivity index (χ2n) is 6.52. The summed E-state index contributed by atoms with van der Waals surface area (Å²) in [5, 5.41) is 3.44. The van der Waals surface area contributed by atoms with Gasteiger partial charge in [-0.05, 0) is 31.5 Å². The van der Waals surface area contributed by atoms with Crippen molar-refractivity contribution < 1.29 is 9.15 Å². The van der Waals surface area contributed by atoms with Crippen molar-refractivity contribution in [3.63, 3.8) is 0 Å². The first-order valence-electron chi connectivity index (χ1n) is 8.23. The van der Waals surface area contributed by atoms with Crippen LogP contribution in [0, 0.1) is 0 Å². The van der Waals surface area contributed by atoms with Crippen LogP contribution in [-0.4, -0.2) is 46.2 Å². The molecule has 0 bridgehead atoms. The normalized spacial score (nSPS) is 28.3. The molecule has 0 radical (unpaired) electrons. The van der Waals surface area contributed by atoms with Gasteiger partial charge in [-0.3, -0.25) is 9.88 Å². The van der Waals surface area contributed by atoms with E-state index < -0.39 is 0 Å². The molecule has 2 aromatic rings. The minimum atomic E-state index is -0.0370. The maximum Gasteiger partial charge on any atom is 0.144 e. The van der Waals surface area contributed by atoms with Crippen molar-refractivity contribution in [1.82, 2.24) is 14.9 Å². The van der Waals surface area contributed by atoms with E-state index in [1.54, 1.807) is 24.9 Å². The van der Waals surface area contributed by atoms with Crippen LogP contribution in [0.2, 0.25) is 0 Å². The Bertz CT molecular complexity index is 619. The Morgan fingerprint density at radius 2 is 2.39 bits per heavy atom. The predicted molar refractivity (Wildman–Crippen MR) is 86.0 cm³/mol. The van der Waals surface area contributed by atoms with Crippen LogP contribution >= 0.6 is 0 Å². The molecule has 6 heteroatoms. The molecule has 23 heavy (non-hydrogen) atoms. The lowest BCUT2D eigenvalue weighted by atomic mass is 9.88. The van der Waals surface area contributed by atoms with Crippen molar-refractivity contribution >= 4 is 5.82 Å². The van der Waals surface area contributed by atoms with Gasteiger partial charge in [0.1, 0.15) is 11.6 Å². The molecule has 1 spiro atoms. The first kappa shape index (κ1) is 14.7. The topological polar surface area (TPSA) is 63.4 Å². The van der Waals surface area contributed by atoms with Crippen LogP contribution < -0.4 is 5.32 Å². The van der Waals surface area contributed by atoms with Crippen molar-refractivity contribution in [3.8, 4) is 0 Å². The summed E-state index contributed by atoms with van der Waals surface area (Å²) >= 11 is 0. The summed E-state index contributed by atoms with van der Waals surface area (Å²) in [6, 6.07) is 4.28. The van der Waals surface area contributed by atoms with E-state index in [-0.39, 0.29) is 5.60 Å². The molecule has 2 saturated heterocycles. The Balaban J connectivity index is 1.37. The maximum atomic E-state index is 6.23. The summed E-state index contributed by atoms with van der Waals surface area (Å²) in [6.07, 6.45) is 10.2. The number of hydrogen-bond acceptors (Lipinski definition) is 6. The molecule has 0 aromatic carbocycles. The highest BCUT2D eigenvalue weighted by Gasteiger charge is 2.43. The molecule has 0 saturated carbocycles. The van der Waals surface area contributed by atoms with Crippen molar-refractivity contribution in [2.75, 3.05) is 25.0 Å². The van der Waals surface area contributed by atoms with E-state index in [1.807, 2.05) is 12.1 Å². The number of piperidine rings is 1. The summed E-state index contributed by atoms with van der Waals surface area (Å²) in [5.74, 6) is 1.84. The molecule has 2 atom stereocenters. The van der Waals surface area contributed by atoms with Gasteiger partial charge in [-0.15, -0.1) is 0 Å². The van der Waals surface area contributed by atoms with Crippen LogP contribution in [-0.2, 0) is 11.3 Å². The third-order valence-corrected chi connectivity index (χ3v) is 4.70. The zero-order valence-corrected chi connectivity index (χ0v) is 13.1. The molecular weight excluding hydrogens is 292 g/mol. The molecular formula is C17H22N4O2. The maximum absolute atomic E-state index is 6.23. The zero-order chi connectivity index (χ0) is 15.5. The Labute approximate surface area is 135 Å². The number of aromatic nitrogens is 2. The van der Waals surface area contributed by atoms with Crippen LogP contribution in [0.3, 0.4) is 0 Å². The van der Waals surface area contributed by atoms with Gasteiger partial charge in [-0.1, -0.05) is 0 Å². The van der Waals surface area contributed by atoms with Gasteiger partial charge in [-0.2, -0.15) is 0 Å². The number of hydrogen-bond donors (Lipinski definition) is 1. The number of likely N-dealkylation sites (tertiary alicyclic amines) is 1. The molecule has 0 amide bonds.